The quantitative estimate of drug-likeness (QED) is 0.344. The monoisotopic (exact) mass is 607 g/mol. The molecule has 1 fully saturated rings. The fourth-order valence-electron chi connectivity index (χ4n) is 6.24. The van der Waals surface area contributed by atoms with Crippen LogP contribution in [0.5, 0.6) is 0 Å². The van der Waals surface area contributed by atoms with Crippen LogP contribution < -0.4 is 4.90 Å². The minimum absolute atomic E-state index is 0.0236. The van der Waals surface area contributed by atoms with Crippen molar-refractivity contribution in [2.24, 2.45) is 0 Å². The smallest absolute Gasteiger partial charge is 0.223 e. The first-order valence-electron chi connectivity index (χ1n) is 14.6. The highest BCUT2D eigenvalue weighted by Gasteiger charge is 2.36. The number of para-hydroxylation sites is 1. The van der Waals surface area contributed by atoms with Crippen molar-refractivity contribution < 1.29 is 18.0 Å². The Labute approximate surface area is 254 Å². The number of hydrogen-bond donors (Lipinski definition) is 0. The first-order chi connectivity index (χ1) is 20.2. The molecule has 2 aliphatic rings. The van der Waals surface area contributed by atoms with Gasteiger partial charge in [-0.1, -0.05) is 60.1 Å². The Morgan fingerprint density at radius 2 is 1.57 bits per heavy atom. The molecule has 2 heterocycles. The fourth-order valence-corrected chi connectivity index (χ4v) is 7.70. The second-order valence-corrected chi connectivity index (χ2v) is 13.8. The molecule has 9 heteroatoms. The summed E-state index contributed by atoms with van der Waals surface area (Å²) >= 11 is 6.15. The summed E-state index contributed by atoms with van der Waals surface area (Å²) in [6.45, 7) is 3.83. The maximum absolute atomic E-state index is 13.8. The fraction of sp³-hybridized carbons (Fsp3) is 0.394. The molecule has 3 aromatic carbocycles. The number of benzene rings is 3. The zero-order valence-corrected chi connectivity index (χ0v) is 25.6. The molecule has 1 saturated heterocycles. The van der Waals surface area contributed by atoms with E-state index in [4.69, 9.17) is 11.6 Å². The third-order valence-electron chi connectivity index (χ3n) is 8.45. The van der Waals surface area contributed by atoms with Crippen LogP contribution in [0.1, 0.15) is 50.2 Å². The van der Waals surface area contributed by atoms with E-state index < -0.39 is 9.84 Å². The van der Waals surface area contributed by atoms with Gasteiger partial charge in [0.25, 0.3) is 0 Å². The average molecular weight is 608 g/mol. The standard InChI is InChI=1S/C33H38ClN3O4S/c1-25(38)36-20-19-29-17-18-30(37(29)22-26-13-15-28(34)16-14-26)24-35(23-27-8-5-6-11-32(27)36)33(39)12-7-21-42(40,41)31-9-3-2-4-10-31/h2-6,8-11,13-16,29-30H,7,12,17-24H2,1H3/t29-,30+/m1/s1. The van der Waals surface area contributed by atoms with E-state index in [1.165, 1.54) is 0 Å². The normalized spacial score (nSPS) is 19.7. The Morgan fingerprint density at radius 1 is 0.881 bits per heavy atom. The summed E-state index contributed by atoms with van der Waals surface area (Å²) in [7, 11) is -3.47. The third kappa shape index (κ3) is 7.22. The topological polar surface area (TPSA) is 78.0 Å². The molecule has 2 aliphatic heterocycles. The maximum atomic E-state index is 13.8. The van der Waals surface area contributed by atoms with Gasteiger partial charge in [0.15, 0.2) is 9.84 Å². The number of hydrogen-bond acceptors (Lipinski definition) is 5. The molecular weight excluding hydrogens is 570 g/mol. The summed E-state index contributed by atoms with van der Waals surface area (Å²) in [5, 5.41) is 0.695. The van der Waals surface area contributed by atoms with Crippen molar-refractivity contribution >= 4 is 38.9 Å². The van der Waals surface area contributed by atoms with Gasteiger partial charge in [-0.25, -0.2) is 8.42 Å². The van der Waals surface area contributed by atoms with E-state index in [1.807, 2.05) is 58.3 Å². The second kappa shape index (κ2) is 13.4. The van der Waals surface area contributed by atoms with Crippen molar-refractivity contribution in [3.8, 4) is 0 Å². The molecule has 0 saturated carbocycles. The van der Waals surface area contributed by atoms with E-state index >= 15 is 0 Å². The largest absolute Gasteiger partial charge is 0.337 e. The molecule has 222 valence electrons. The van der Waals surface area contributed by atoms with Gasteiger partial charge in [0, 0.05) is 62.3 Å². The highest BCUT2D eigenvalue weighted by Crippen LogP contribution is 2.33. The molecule has 0 aliphatic carbocycles. The van der Waals surface area contributed by atoms with Crippen LogP contribution in [-0.4, -0.2) is 61.0 Å². The first kappa shape index (κ1) is 30.3. The summed E-state index contributed by atoms with van der Waals surface area (Å²) in [6.07, 6.45) is 3.16. The lowest BCUT2D eigenvalue weighted by molar-refractivity contribution is -0.132. The van der Waals surface area contributed by atoms with Gasteiger partial charge < -0.3 is 9.80 Å². The van der Waals surface area contributed by atoms with Crippen LogP contribution in [0.3, 0.4) is 0 Å². The number of amides is 2. The van der Waals surface area contributed by atoms with Crippen molar-refractivity contribution in [1.29, 1.82) is 0 Å². The molecule has 7 nitrogen and oxygen atoms in total. The van der Waals surface area contributed by atoms with Gasteiger partial charge in [-0.05, 0) is 67.1 Å². The molecular formula is C33H38ClN3O4S. The van der Waals surface area contributed by atoms with Gasteiger partial charge in [0.05, 0.1) is 10.6 Å². The Hall–Kier alpha value is -3.20. The van der Waals surface area contributed by atoms with Crippen LogP contribution in [-0.2, 0) is 32.5 Å². The summed E-state index contributed by atoms with van der Waals surface area (Å²) in [5.74, 6) is -0.180. The van der Waals surface area contributed by atoms with E-state index in [0.29, 0.717) is 24.7 Å². The van der Waals surface area contributed by atoms with Crippen LogP contribution in [0.2, 0.25) is 5.02 Å². The predicted octanol–water partition coefficient (Wildman–Crippen LogP) is 5.71. The van der Waals surface area contributed by atoms with Crippen molar-refractivity contribution in [3.05, 3.63) is 95.0 Å². The lowest BCUT2D eigenvalue weighted by Crippen LogP contribution is -2.45. The van der Waals surface area contributed by atoms with Crippen LogP contribution in [0.25, 0.3) is 0 Å². The van der Waals surface area contributed by atoms with Crippen molar-refractivity contribution in [2.45, 2.75) is 69.1 Å². The first-order valence-corrected chi connectivity index (χ1v) is 16.7. The van der Waals surface area contributed by atoms with E-state index in [1.54, 1.807) is 37.3 Å². The Balaban J connectivity index is 1.40. The maximum Gasteiger partial charge on any atom is 0.223 e. The van der Waals surface area contributed by atoms with Crippen LogP contribution in [0.15, 0.2) is 83.8 Å². The Kier molecular flexibility index (Phi) is 9.66. The van der Waals surface area contributed by atoms with E-state index in [-0.39, 0.29) is 47.4 Å². The predicted molar refractivity (Wildman–Crippen MR) is 166 cm³/mol. The number of fused-ring (bicyclic) bond motifs is 3. The van der Waals surface area contributed by atoms with Crippen LogP contribution >= 0.6 is 11.6 Å². The molecule has 42 heavy (non-hydrogen) atoms. The SMILES string of the molecule is CC(=O)N1CC[C@H]2CC[C@@H](CN(C(=O)CCCS(=O)(=O)c3ccccc3)Cc3ccccc31)N2Cc1ccc(Cl)cc1. The molecule has 0 aromatic heterocycles. The van der Waals surface area contributed by atoms with Crippen LogP contribution in [0, 0.1) is 0 Å². The molecule has 0 spiro atoms. The number of nitrogens with zero attached hydrogens (tertiary/aromatic N) is 3. The van der Waals surface area contributed by atoms with E-state index in [2.05, 4.69) is 4.90 Å². The number of sulfone groups is 1. The molecule has 0 N–H and O–H groups in total. The molecule has 0 unspecified atom stereocenters. The lowest BCUT2D eigenvalue weighted by atomic mass is 10.1. The molecule has 3 aromatic rings. The second-order valence-electron chi connectivity index (χ2n) is 11.3. The van der Waals surface area contributed by atoms with Gasteiger partial charge >= 0.3 is 0 Å². The Morgan fingerprint density at radius 3 is 2.31 bits per heavy atom. The number of carbonyl (C=O) groups excluding carboxylic acids is 2. The van der Waals surface area contributed by atoms with Crippen LogP contribution in [0.4, 0.5) is 5.69 Å². The van der Waals surface area contributed by atoms with Crippen molar-refractivity contribution in [1.82, 2.24) is 9.80 Å². The Bertz CT molecular complexity index is 1500. The average Bonchev–Trinajstić information content (AvgIpc) is 3.34. The van der Waals surface area contributed by atoms with Gasteiger partial charge in [-0.3, -0.25) is 14.5 Å². The summed E-state index contributed by atoms with van der Waals surface area (Å²) in [6, 6.07) is 24.5. The number of halogens is 1. The van der Waals surface area contributed by atoms with Gasteiger partial charge in [0.1, 0.15) is 0 Å². The van der Waals surface area contributed by atoms with E-state index in [9.17, 15) is 18.0 Å². The number of anilines is 1. The van der Waals surface area contributed by atoms with Crippen molar-refractivity contribution in [2.75, 3.05) is 23.7 Å². The zero-order valence-electron chi connectivity index (χ0n) is 24.0. The number of rotatable bonds is 7. The van der Waals surface area contributed by atoms with Crippen molar-refractivity contribution in [3.63, 3.8) is 0 Å². The molecule has 2 amide bonds. The molecule has 5 rings (SSSR count). The zero-order chi connectivity index (χ0) is 29.7. The summed E-state index contributed by atoms with van der Waals surface area (Å²) in [4.78, 5) is 33.1. The third-order valence-corrected chi connectivity index (χ3v) is 10.5. The minimum Gasteiger partial charge on any atom is -0.337 e. The molecule has 0 radical (unpaired) electrons. The lowest BCUT2D eigenvalue weighted by Gasteiger charge is -2.34. The summed E-state index contributed by atoms with van der Waals surface area (Å²) < 4.78 is 25.7. The minimum atomic E-state index is -3.47. The van der Waals surface area contributed by atoms with Gasteiger partial charge in [-0.2, -0.15) is 0 Å². The molecule has 2 bridgehead atoms. The highest BCUT2D eigenvalue weighted by molar-refractivity contribution is 7.91. The highest BCUT2D eigenvalue weighted by atomic mass is 35.5. The number of carbonyl (C=O) groups is 2. The summed E-state index contributed by atoms with van der Waals surface area (Å²) in [5.41, 5.74) is 2.90. The van der Waals surface area contributed by atoms with Gasteiger partial charge in [0.2, 0.25) is 11.8 Å². The van der Waals surface area contributed by atoms with Gasteiger partial charge in [-0.15, -0.1) is 0 Å². The van der Waals surface area contributed by atoms with E-state index in [0.717, 1.165) is 42.6 Å². The molecule has 2 atom stereocenters.